The lowest BCUT2D eigenvalue weighted by molar-refractivity contribution is -0.142. The Morgan fingerprint density at radius 1 is 1.57 bits per heavy atom. The number of hydrogen-bond donors (Lipinski definition) is 0. The molecule has 0 aromatic carbocycles. The minimum atomic E-state index is -0.368. The monoisotopic (exact) mass is 333 g/mol. The molecule has 0 fully saturated rings. The zero-order valence-electron chi connectivity index (χ0n) is 14.0. The van der Waals surface area contributed by atoms with Crippen molar-refractivity contribution in [1.82, 2.24) is 9.88 Å². The Morgan fingerprint density at radius 2 is 2.35 bits per heavy atom. The molecule has 124 valence electrons. The number of hydrogen-bond acceptors (Lipinski definition) is 6. The summed E-state index contributed by atoms with van der Waals surface area (Å²) in [5.41, 5.74) is 2.73. The molecule has 23 heavy (non-hydrogen) atoms. The van der Waals surface area contributed by atoms with Crippen molar-refractivity contribution in [1.29, 1.82) is 5.26 Å². The number of thioether (sulfide) groups is 1. The van der Waals surface area contributed by atoms with E-state index in [4.69, 9.17) is 4.74 Å². The maximum atomic E-state index is 11.8. The fourth-order valence-electron chi connectivity index (χ4n) is 2.66. The van der Waals surface area contributed by atoms with Crippen LogP contribution in [0.1, 0.15) is 44.0 Å². The summed E-state index contributed by atoms with van der Waals surface area (Å²) in [7, 11) is 0. The van der Waals surface area contributed by atoms with Crippen LogP contribution in [0.2, 0.25) is 0 Å². The van der Waals surface area contributed by atoms with Crippen LogP contribution >= 0.6 is 11.8 Å². The molecule has 6 heteroatoms. The first kappa shape index (κ1) is 17.8. The van der Waals surface area contributed by atoms with E-state index in [2.05, 4.69) is 22.9 Å². The third-order valence-electron chi connectivity index (χ3n) is 3.78. The molecule has 0 aliphatic carbocycles. The predicted octanol–water partition coefficient (Wildman–Crippen LogP) is 2.77. The number of rotatable bonds is 6. The zero-order valence-corrected chi connectivity index (χ0v) is 14.8. The van der Waals surface area contributed by atoms with Crippen LogP contribution in [0, 0.1) is 11.3 Å². The zero-order chi connectivity index (χ0) is 16.8. The van der Waals surface area contributed by atoms with Crippen molar-refractivity contribution >= 4 is 17.7 Å². The van der Waals surface area contributed by atoms with Gasteiger partial charge in [0.05, 0.1) is 12.2 Å². The molecule has 0 saturated heterocycles. The number of nitrogens with zero attached hydrogens (tertiary/aromatic N) is 3. The molecule has 0 saturated carbocycles. The first-order valence-corrected chi connectivity index (χ1v) is 8.95. The van der Waals surface area contributed by atoms with Gasteiger partial charge >= 0.3 is 5.97 Å². The van der Waals surface area contributed by atoms with Gasteiger partial charge in [-0.2, -0.15) is 5.26 Å². The molecule has 1 aliphatic rings. The highest BCUT2D eigenvalue weighted by atomic mass is 32.2. The van der Waals surface area contributed by atoms with E-state index in [-0.39, 0.29) is 11.2 Å². The summed E-state index contributed by atoms with van der Waals surface area (Å²) >= 11 is 1.30. The molecule has 1 aliphatic heterocycles. The van der Waals surface area contributed by atoms with Crippen LogP contribution in [-0.4, -0.2) is 40.8 Å². The van der Waals surface area contributed by atoms with Gasteiger partial charge in [0, 0.05) is 25.2 Å². The number of esters is 1. The number of fused-ring (bicyclic) bond motifs is 1. The fourth-order valence-corrected chi connectivity index (χ4v) is 3.56. The van der Waals surface area contributed by atoms with Gasteiger partial charge in [-0.25, -0.2) is 4.98 Å². The molecule has 0 bridgehead atoms. The Labute approximate surface area is 142 Å². The molecule has 1 atom stereocenters. The maximum Gasteiger partial charge on any atom is 0.319 e. The van der Waals surface area contributed by atoms with Gasteiger partial charge in [0.15, 0.2) is 0 Å². The van der Waals surface area contributed by atoms with Gasteiger partial charge in [-0.05, 0) is 38.4 Å². The first-order chi connectivity index (χ1) is 11.1. The summed E-state index contributed by atoms with van der Waals surface area (Å²) in [5, 5.41) is 9.68. The topological polar surface area (TPSA) is 66.2 Å². The molecule has 0 radical (unpaired) electrons. The SMILES string of the molecule is CCCN1CCc2nc(SC(C)C(=O)OCC)c(C#N)cc2C1. The van der Waals surface area contributed by atoms with Gasteiger partial charge < -0.3 is 4.74 Å². The highest BCUT2D eigenvalue weighted by molar-refractivity contribution is 8.00. The number of nitriles is 1. The van der Waals surface area contributed by atoms with E-state index in [1.54, 1.807) is 13.8 Å². The molecule has 5 nitrogen and oxygen atoms in total. The molecule has 0 N–H and O–H groups in total. The van der Waals surface area contributed by atoms with Crippen molar-refractivity contribution < 1.29 is 9.53 Å². The normalized spacial score (nSPS) is 15.6. The second-order valence-electron chi connectivity index (χ2n) is 5.60. The Bertz CT molecular complexity index is 613. The van der Waals surface area contributed by atoms with Crippen LogP contribution in [0.5, 0.6) is 0 Å². The number of pyridine rings is 1. The van der Waals surface area contributed by atoms with E-state index in [1.807, 2.05) is 6.07 Å². The summed E-state index contributed by atoms with van der Waals surface area (Å²) in [6.45, 7) is 9.02. The Hall–Kier alpha value is -1.58. The average molecular weight is 333 g/mol. The largest absolute Gasteiger partial charge is 0.465 e. The van der Waals surface area contributed by atoms with E-state index < -0.39 is 0 Å². The summed E-state index contributed by atoms with van der Waals surface area (Å²) in [4.78, 5) is 18.8. The molecule has 2 heterocycles. The molecule has 1 aromatic rings. The lowest BCUT2D eigenvalue weighted by Gasteiger charge is -2.28. The second kappa shape index (κ2) is 8.32. The summed E-state index contributed by atoms with van der Waals surface area (Å²) in [6, 6.07) is 4.15. The number of aromatic nitrogens is 1. The van der Waals surface area contributed by atoms with E-state index >= 15 is 0 Å². The van der Waals surface area contributed by atoms with E-state index in [9.17, 15) is 10.1 Å². The van der Waals surface area contributed by atoms with Crippen LogP contribution in [0.15, 0.2) is 11.1 Å². The van der Waals surface area contributed by atoms with Crippen LogP contribution in [0.3, 0.4) is 0 Å². The Morgan fingerprint density at radius 3 is 3.00 bits per heavy atom. The number of carbonyl (C=O) groups excluding carboxylic acids is 1. The molecule has 2 rings (SSSR count). The molecular formula is C17H23N3O2S. The third kappa shape index (κ3) is 4.46. The smallest absolute Gasteiger partial charge is 0.319 e. The van der Waals surface area contributed by atoms with Crippen molar-refractivity contribution in [2.75, 3.05) is 19.7 Å². The van der Waals surface area contributed by atoms with Gasteiger partial charge in [-0.15, -0.1) is 0 Å². The predicted molar refractivity (Wildman–Crippen MR) is 90.2 cm³/mol. The number of carbonyl (C=O) groups is 1. The minimum Gasteiger partial charge on any atom is -0.465 e. The molecule has 0 spiro atoms. The first-order valence-electron chi connectivity index (χ1n) is 8.07. The third-order valence-corrected chi connectivity index (χ3v) is 4.86. The van der Waals surface area contributed by atoms with Gasteiger partial charge in [0.25, 0.3) is 0 Å². The quantitative estimate of drug-likeness (QED) is 0.589. The van der Waals surface area contributed by atoms with Gasteiger partial charge in [0.2, 0.25) is 0 Å². The highest BCUT2D eigenvalue weighted by Crippen LogP contribution is 2.29. The lowest BCUT2D eigenvalue weighted by Crippen LogP contribution is -2.32. The van der Waals surface area contributed by atoms with Gasteiger partial charge in [0.1, 0.15) is 16.3 Å². The van der Waals surface area contributed by atoms with Gasteiger partial charge in [-0.1, -0.05) is 18.7 Å². The lowest BCUT2D eigenvalue weighted by atomic mass is 10.0. The van der Waals surface area contributed by atoms with Crippen molar-refractivity contribution in [3.05, 3.63) is 22.9 Å². The maximum absolute atomic E-state index is 11.8. The highest BCUT2D eigenvalue weighted by Gasteiger charge is 2.23. The summed E-state index contributed by atoms with van der Waals surface area (Å²) < 4.78 is 5.03. The standard InChI is InChI=1S/C17H23N3O2S/c1-4-7-20-8-6-15-14(11-20)9-13(10-18)16(19-15)23-12(3)17(21)22-5-2/h9,12H,4-8,11H2,1-3H3. The van der Waals surface area contributed by atoms with Crippen LogP contribution < -0.4 is 0 Å². The summed E-state index contributed by atoms with van der Waals surface area (Å²) in [6.07, 6.45) is 2.02. The van der Waals surface area contributed by atoms with E-state index in [1.165, 1.54) is 11.8 Å². The second-order valence-corrected chi connectivity index (χ2v) is 6.93. The number of ether oxygens (including phenoxy) is 1. The molecular weight excluding hydrogens is 310 g/mol. The van der Waals surface area contributed by atoms with Crippen LogP contribution in [0.4, 0.5) is 0 Å². The van der Waals surface area contributed by atoms with Crippen LogP contribution in [0.25, 0.3) is 0 Å². The fraction of sp³-hybridized carbons (Fsp3) is 0.588. The Kier molecular flexibility index (Phi) is 6.43. The van der Waals surface area contributed by atoms with Crippen LogP contribution in [-0.2, 0) is 22.5 Å². The van der Waals surface area contributed by atoms with Crippen molar-refractivity contribution in [2.45, 2.75) is 50.4 Å². The average Bonchev–Trinajstić information content (AvgIpc) is 2.54. The summed E-state index contributed by atoms with van der Waals surface area (Å²) in [5.74, 6) is -0.268. The van der Waals surface area contributed by atoms with Crippen molar-refractivity contribution in [3.63, 3.8) is 0 Å². The minimum absolute atomic E-state index is 0.268. The Balaban J connectivity index is 2.19. The van der Waals surface area contributed by atoms with E-state index in [0.29, 0.717) is 17.2 Å². The molecule has 1 aromatic heterocycles. The van der Waals surface area contributed by atoms with E-state index in [0.717, 1.165) is 43.7 Å². The van der Waals surface area contributed by atoms with Crippen molar-refractivity contribution in [3.8, 4) is 6.07 Å². The van der Waals surface area contributed by atoms with Crippen molar-refractivity contribution in [2.24, 2.45) is 0 Å². The molecule has 0 amide bonds. The molecule has 1 unspecified atom stereocenters. The van der Waals surface area contributed by atoms with Gasteiger partial charge in [-0.3, -0.25) is 9.69 Å².